The van der Waals surface area contributed by atoms with Crippen molar-refractivity contribution in [2.24, 2.45) is 0 Å². The first-order chi connectivity index (χ1) is 17.0. The summed E-state index contributed by atoms with van der Waals surface area (Å²) in [5.41, 5.74) is 1.04. The maximum Gasteiger partial charge on any atom is 0.295 e. The zero-order chi connectivity index (χ0) is 24.8. The van der Waals surface area contributed by atoms with Crippen LogP contribution in [-0.4, -0.2) is 69.2 Å². The molecule has 1 N–H and O–H groups in total. The molecule has 0 spiro atoms. The molecule has 186 valence electrons. The average molecular weight is 481 g/mol. The van der Waals surface area contributed by atoms with Crippen molar-refractivity contribution in [1.29, 1.82) is 0 Å². The Balaban J connectivity index is 1.70. The standard InChI is InChI=1S/C27H32N2O6/c1-3-34-21-9-5-19(6-10-21)24-23(25(30)20-7-11-22(12-8-20)35-4-2)26(31)27(32)29(24)14-13-28-15-17-33-18-16-28/h5-12,24,30H,3-4,13-18H2,1-2H3. The van der Waals surface area contributed by atoms with Crippen molar-refractivity contribution in [3.8, 4) is 11.5 Å². The summed E-state index contributed by atoms with van der Waals surface area (Å²) in [6, 6.07) is 13.2. The van der Waals surface area contributed by atoms with Gasteiger partial charge in [-0.05, 0) is 49.2 Å². The third-order valence-corrected chi connectivity index (χ3v) is 6.37. The van der Waals surface area contributed by atoms with Crippen molar-refractivity contribution in [3.05, 3.63) is 65.2 Å². The highest BCUT2D eigenvalue weighted by Crippen LogP contribution is 2.39. The maximum absolute atomic E-state index is 13.6. The summed E-state index contributed by atoms with van der Waals surface area (Å²) in [5.74, 6) is -0.478. The molecule has 8 nitrogen and oxygen atoms in total. The fraction of sp³-hybridized carbons (Fsp3) is 0.407. The summed E-state index contributed by atoms with van der Waals surface area (Å²) in [6.07, 6.45) is 0. The van der Waals surface area contributed by atoms with Gasteiger partial charge in [0.2, 0.25) is 5.78 Å². The molecule has 2 aromatic carbocycles. The van der Waals surface area contributed by atoms with Crippen LogP contribution in [0.2, 0.25) is 0 Å². The highest BCUT2D eigenvalue weighted by molar-refractivity contribution is 6.46. The van der Waals surface area contributed by atoms with Crippen molar-refractivity contribution >= 4 is 17.4 Å². The van der Waals surface area contributed by atoms with Crippen LogP contribution in [0.5, 0.6) is 11.5 Å². The van der Waals surface area contributed by atoms with Crippen LogP contribution < -0.4 is 19.5 Å². The second-order valence-electron chi connectivity index (χ2n) is 8.54. The minimum atomic E-state index is -0.745. The lowest BCUT2D eigenvalue weighted by Crippen LogP contribution is -3.14. The molecular weight excluding hydrogens is 448 g/mol. The van der Waals surface area contributed by atoms with E-state index in [1.807, 2.05) is 26.0 Å². The van der Waals surface area contributed by atoms with E-state index in [1.54, 1.807) is 41.3 Å². The zero-order valence-corrected chi connectivity index (χ0v) is 20.2. The summed E-state index contributed by atoms with van der Waals surface area (Å²) >= 11 is 0. The molecule has 0 aromatic heterocycles. The van der Waals surface area contributed by atoms with Crippen molar-refractivity contribution in [2.75, 3.05) is 52.6 Å². The molecule has 35 heavy (non-hydrogen) atoms. The van der Waals surface area contributed by atoms with Crippen LogP contribution in [0.4, 0.5) is 0 Å². The quantitative estimate of drug-likeness (QED) is 0.322. The van der Waals surface area contributed by atoms with Crippen molar-refractivity contribution in [1.82, 2.24) is 4.90 Å². The lowest BCUT2D eigenvalue weighted by atomic mass is 9.95. The molecule has 2 heterocycles. The van der Waals surface area contributed by atoms with Crippen LogP contribution in [0.15, 0.2) is 54.1 Å². The maximum atomic E-state index is 13.6. The lowest BCUT2D eigenvalue weighted by Gasteiger charge is -2.30. The predicted molar refractivity (Wildman–Crippen MR) is 128 cm³/mol. The van der Waals surface area contributed by atoms with Gasteiger partial charge in [0.1, 0.15) is 24.6 Å². The van der Waals surface area contributed by atoms with E-state index in [4.69, 9.17) is 14.2 Å². The molecule has 0 aliphatic carbocycles. The second kappa shape index (κ2) is 11.4. The normalized spacial score (nSPS) is 20.3. The number of hydrogen-bond acceptors (Lipinski definition) is 6. The van der Waals surface area contributed by atoms with Gasteiger partial charge in [-0.25, -0.2) is 0 Å². The summed E-state index contributed by atoms with van der Waals surface area (Å²) in [6.45, 7) is 8.94. The van der Waals surface area contributed by atoms with Gasteiger partial charge in [0.05, 0.1) is 45.6 Å². The molecule has 2 fully saturated rings. The molecule has 1 atom stereocenters. The van der Waals surface area contributed by atoms with Gasteiger partial charge < -0.3 is 29.1 Å². The predicted octanol–water partition coefficient (Wildman–Crippen LogP) is 0.623. The topological polar surface area (TPSA) is 92.6 Å². The lowest BCUT2D eigenvalue weighted by molar-refractivity contribution is -0.907. The number of rotatable bonds is 9. The van der Waals surface area contributed by atoms with Crippen molar-refractivity contribution in [2.45, 2.75) is 19.9 Å². The Bertz CT molecular complexity index is 1060. The number of ether oxygens (including phenoxy) is 3. The third-order valence-electron chi connectivity index (χ3n) is 6.37. The van der Waals surface area contributed by atoms with E-state index in [9.17, 15) is 14.7 Å². The number of ketones is 1. The molecule has 0 radical (unpaired) electrons. The number of carbonyl (C=O) groups is 2. The van der Waals surface area contributed by atoms with E-state index in [0.717, 1.165) is 13.1 Å². The number of amides is 1. The molecule has 0 bridgehead atoms. The van der Waals surface area contributed by atoms with Gasteiger partial charge in [-0.2, -0.15) is 0 Å². The van der Waals surface area contributed by atoms with Crippen LogP contribution in [0.1, 0.15) is 31.0 Å². The minimum Gasteiger partial charge on any atom is -0.872 e. The Kier molecular flexibility index (Phi) is 8.05. The van der Waals surface area contributed by atoms with E-state index in [-0.39, 0.29) is 5.57 Å². The first kappa shape index (κ1) is 24.8. The van der Waals surface area contributed by atoms with Gasteiger partial charge in [-0.3, -0.25) is 9.59 Å². The van der Waals surface area contributed by atoms with E-state index in [0.29, 0.717) is 62.1 Å². The number of nitrogens with one attached hydrogen (secondary N) is 1. The molecule has 2 aromatic rings. The SMILES string of the molecule is CCOc1ccc(C([O-])=C2C(=O)C(=O)N(CC[NH+]3CCOCC3)C2c2ccc(OCC)cc2)cc1. The van der Waals surface area contributed by atoms with Crippen molar-refractivity contribution in [3.63, 3.8) is 0 Å². The largest absolute Gasteiger partial charge is 0.872 e. The van der Waals surface area contributed by atoms with Crippen LogP contribution in [0.25, 0.3) is 5.76 Å². The van der Waals surface area contributed by atoms with E-state index >= 15 is 0 Å². The van der Waals surface area contributed by atoms with E-state index in [1.165, 1.54) is 4.90 Å². The number of hydrogen-bond donors (Lipinski definition) is 1. The summed E-state index contributed by atoms with van der Waals surface area (Å²) in [4.78, 5) is 29.2. The third kappa shape index (κ3) is 5.49. The second-order valence-corrected chi connectivity index (χ2v) is 8.54. The Morgan fingerprint density at radius 3 is 2.11 bits per heavy atom. The first-order valence-electron chi connectivity index (χ1n) is 12.2. The molecule has 4 rings (SSSR count). The Hall–Kier alpha value is -3.36. The van der Waals surface area contributed by atoms with E-state index < -0.39 is 23.5 Å². The number of quaternary nitrogens is 1. The molecule has 1 unspecified atom stereocenters. The van der Waals surface area contributed by atoms with Gasteiger partial charge >= 0.3 is 0 Å². The average Bonchev–Trinajstić information content (AvgIpc) is 3.14. The minimum absolute atomic E-state index is 0.0136. The summed E-state index contributed by atoms with van der Waals surface area (Å²) in [7, 11) is 0. The van der Waals surface area contributed by atoms with Gasteiger partial charge in [0, 0.05) is 5.57 Å². The monoisotopic (exact) mass is 480 g/mol. The van der Waals surface area contributed by atoms with Gasteiger partial charge in [-0.1, -0.05) is 30.0 Å². The number of nitrogens with zero attached hydrogens (tertiary/aromatic N) is 1. The summed E-state index contributed by atoms with van der Waals surface area (Å²) in [5, 5.41) is 13.6. The number of morpholine rings is 1. The highest BCUT2D eigenvalue weighted by Gasteiger charge is 2.44. The molecule has 2 aliphatic rings. The van der Waals surface area contributed by atoms with Gasteiger partial charge in [0.25, 0.3) is 5.91 Å². The molecule has 2 aliphatic heterocycles. The molecular formula is C27H32N2O6. The molecule has 1 amide bonds. The number of Topliss-reactive ketones (excluding diaryl/α,β-unsaturated/α-hetero) is 1. The van der Waals surface area contributed by atoms with Crippen LogP contribution in [-0.2, 0) is 14.3 Å². The van der Waals surface area contributed by atoms with Crippen LogP contribution in [0, 0.1) is 0 Å². The summed E-state index contributed by atoms with van der Waals surface area (Å²) < 4.78 is 16.4. The first-order valence-corrected chi connectivity index (χ1v) is 12.2. The zero-order valence-electron chi connectivity index (χ0n) is 20.2. The number of benzene rings is 2. The Labute approximate surface area is 205 Å². The van der Waals surface area contributed by atoms with Crippen LogP contribution in [0.3, 0.4) is 0 Å². The van der Waals surface area contributed by atoms with Gasteiger partial charge in [0.15, 0.2) is 0 Å². The Morgan fingerprint density at radius 2 is 1.54 bits per heavy atom. The molecule has 8 heteroatoms. The highest BCUT2D eigenvalue weighted by atomic mass is 16.5. The van der Waals surface area contributed by atoms with Gasteiger partial charge in [-0.15, -0.1) is 0 Å². The fourth-order valence-corrected chi connectivity index (χ4v) is 4.57. The Morgan fingerprint density at radius 1 is 0.971 bits per heavy atom. The molecule has 2 saturated heterocycles. The van der Waals surface area contributed by atoms with E-state index in [2.05, 4.69) is 0 Å². The number of carbonyl (C=O) groups excluding carboxylic acids is 2. The molecule has 0 saturated carbocycles. The number of likely N-dealkylation sites (tertiary alicyclic amines) is 1. The smallest absolute Gasteiger partial charge is 0.295 e. The fourth-order valence-electron chi connectivity index (χ4n) is 4.57. The van der Waals surface area contributed by atoms with Crippen molar-refractivity contribution < 1.29 is 33.8 Å². The van der Waals surface area contributed by atoms with Crippen LogP contribution >= 0.6 is 0 Å².